The number of ether oxygens (including phenoxy) is 1. The van der Waals surface area contributed by atoms with Gasteiger partial charge in [-0.05, 0) is 78.5 Å². The van der Waals surface area contributed by atoms with Gasteiger partial charge in [0.2, 0.25) is 0 Å². The number of carbonyl (C=O) groups excluding carboxylic acids is 1. The Morgan fingerprint density at radius 2 is 1.78 bits per heavy atom. The number of hydrogen-bond donors (Lipinski definition) is 1. The fourth-order valence-electron chi connectivity index (χ4n) is 8.90. The molecule has 1 amide bonds. The molecular formula is C32H37NO3. The standard InChI is InChI=1S/C32H37NO3/c1-30-15-12-24(34)18-23(30)10-11-26-27(30)13-16-31(2)28(26)14-17-32(31)20-33(29(35)36-32)19-22-8-5-7-21-6-3-4-9-25(21)22/h3-11,24,27-28,34H,12-20H2,1-2H3/t24-,27-,28-,30-,31-,32+/m0/s1. The maximum Gasteiger partial charge on any atom is 0.410 e. The summed E-state index contributed by atoms with van der Waals surface area (Å²) in [4.78, 5) is 15.3. The van der Waals surface area contributed by atoms with Crippen LogP contribution in [0.2, 0.25) is 0 Å². The predicted octanol–water partition coefficient (Wildman–Crippen LogP) is 6.77. The number of aliphatic hydroxyl groups excluding tert-OH is 1. The number of fused-ring (bicyclic) bond motifs is 7. The number of nitrogens with zero attached hydrogens (tertiary/aromatic N) is 1. The van der Waals surface area contributed by atoms with Crippen molar-refractivity contribution >= 4 is 16.9 Å². The Balaban J connectivity index is 1.18. The van der Waals surface area contributed by atoms with Gasteiger partial charge in [-0.3, -0.25) is 4.90 Å². The Morgan fingerprint density at radius 3 is 2.67 bits per heavy atom. The van der Waals surface area contributed by atoms with Crippen LogP contribution in [0.1, 0.15) is 64.4 Å². The molecule has 6 atom stereocenters. The molecule has 1 saturated heterocycles. The molecular weight excluding hydrogens is 446 g/mol. The van der Waals surface area contributed by atoms with Gasteiger partial charge in [0.05, 0.1) is 12.6 Å². The lowest BCUT2D eigenvalue weighted by Gasteiger charge is -2.55. The van der Waals surface area contributed by atoms with Crippen molar-refractivity contribution in [3.05, 3.63) is 71.3 Å². The van der Waals surface area contributed by atoms with E-state index >= 15 is 0 Å². The second-order valence-electron chi connectivity index (χ2n) is 12.6. The zero-order chi connectivity index (χ0) is 24.7. The summed E-state index contributed by atoms with van der Waals surface area (Å²) in [6.07, 6.45) is 11.5. The first-order valence-corrected chi connectivity index (χ1v) is 13.9. The van der Waals surface area contributed by atoms with Gasteiger partial charge in [-0.15, -0.1) is 0 Å². The lowest BCUT2D eigenvalue weighted by molar-refractivity contribution is -0.0627. The topological polar surface area (TPSA) is 49.8 Å². The Kier molecular flexibility index (Phi) is 4.84. The second-order valence-corrected chi connectivity index (χ2v) is 12.6. The summed E-state index contributed by atoms with van der Waals surface area (Å²) < 4.78 is 6.42. The SMILES string of the molecule is C[C@]12CC[C@H](O)CC1=CC=C1[C@@H]2CC[C@@]2(C)[C@H]1CC[C@@]21CN(Cc2cccc3ccccc23)C(=O)O1. The number of aliphatic hydroxyl groups is 1. The molecule has 1 N–H and O–H groups in total. The highest BCUT2D eigenvalue weighted by Gasteiger charge is 2.67. The van der Waals surface area contributed by atoms with Crippen LogP contribution in [0.5, 0.6) is 0 Å². The van der Waals surface area contributed by atoms with E-state index < -0.39 is 5.60 Å². The molecule has 4 fully saturated rings. The molecule has 3 saturated carbocycles. The average molecular weight is 484 g/mol. The Labute approximate surface area is 214 Å². The van der Waals surface area contributed by atoms with Crippen molar-refractivity contribution in [1.29, 1.82) is 0 Å². The summed E-state index contributed by atoms with van der Waals surface area (Å²) in [5, 5.41) is 12.7. The maximum absolute atomic E-state index is 13.3. The third-order valence-corrected chi connectivity index (χ3v) is 11.1. The van der Waals surface area contributed by atoms with Gasteiger partial charge < -0.3 is 9.84 Å². The first-order chi connectivity index (χ1) is 17.3. The van der Waals surface area contributed by atoms with Gasteiger partial charge in [-0.1, -0.05) is 79.6 Å². The van der Waals surface area contributed by atoms with Crippen LogP contribution in [0, 0.1) is 22.7 Å². The molecule has 4 heteroatoms. The van der Waals surface area contributed by atoms with Gasteiger partial charge in [-0.25, -0.2) is 4.79 Å². The molecule has 188 valence electrons. The van der Waals surface area contributed by atoms with E-state index in [-0.39, 0.29) is 23.0 Å². The summed E-state index contributed by atoms with van der Waals surface area (Å²) in [7, 11) is 0. The van der Waals surface area contributed by atoms with Gasteiger partial charge in [0.15, 0.2) is 0 Å². The molecule has 4 nitrogen and oxygen atoms in total. The number of benzene rings is 2. The van der Waals surface area contributed by atoms with Crippen LogP contribution in [0.3, 0.4) is 0 Å². The van der Waals surface area contributed by atoms with E-state index in [2.05, 4.69) is 68.5 Å². The minimum Gasteiger partial charge on any atom is -0.440 e. The highest BCUT2D eigenvalue weighted by Crippen LogP contribution is 2.67. The Bertz CT molecular complexity index is 1310. The lowest BCUT2D eigenvalue weighted by atomic mass is 9.50. The quantitative estimate of drug-likeness (QED) is 0.512. The smallest absolute Gasteiger partial charge is 0.410 e. The van der Waals surface area contributed by atoms with Crippen molar-refractivity contribution < 1.29 is 14.6 Å². The van der Waals surface area contributed by atoms with Gasteiger partial charge in [0.1, 0.15) is 5.60 Å². The molecule has 2 aromatic rings. The first-order valence-electron chi connectivity index (χ1n) is 13.9. The van der Waals surface area contributed by atoms with E-state index in [0.29, 0.717) is 24.9 Å². The third kappa shape index (κ3) is 3.00. The van der Waals surface area contributed by atoms with Gasteiger partial charge in [0, 0.05) is 12.0 Å². The molecule has 5 aliphatic rings. The molecule has 2 aromatic carbocycles. The van der Waals surface area contributed by atoms with E-state index in [1.165, 1.54) is 21.9 Å². The van der Waals surface area contributed by atoms with Crippen molar-refractivity contribution in [3.63, 3.8) is 0 Å². The van der Waals surface area contributed by atoms with Gasteiger partial charge >= 0.3 is 6.09 Å². The molecule has 7 rings (SSSR count). The molecule has 1 aliphatic heterocycles. The first kappa shape index (κ1) is 22.6. The van der Waals surface area contributed by atoms with Crippen molar-refractivity contribution in [3.8, 4) is 0 Å². The molecule has 0 radical (unpaired) electrons. The fourth-order valence-corrected chi connectivity index (χ4v) is 8.90. The molecule has 36 heavy (non-hydrogen) atoms. The summed E-state index contributed by atoms with van der Waals surface area (Å²) in [6.45, 7) is 6.13. The van der Waals surface area contributed by atoms with Crippen LogP contribution in [-0.4, -0.2) is 34.3 Å². The van der Waals surface area contributed by atoms with E-state index in [1.54, 1.807) is 5.57 Å². The van der Waals surface area contributed by atoms with Crippen LogP contribution in [-0.2, 0) is 11.3 Å². The Morgan fingerprint density at radius 1 is 0.972 bits per heavy atom. The minimum absolute atomic E-state index is 0.0334. The van der Waals surface area contributed by atoms with Crippen molar-refractivity contribution in [2.75, 3.05) is 6.54 Å². The summed E-state index contributed by atoms with van der Waals surface area (Å²) >= 11 is 0. The number of amides is 1. The number of hydrogen-bond acceptors (Lipinski definition) is 3. The van der Waals surface area contributed by atoms with Crippen molar-refractivity contribution in [1.82, 2.24) is 4.90 Å². The lowest BCUT2D eigenvalue weighted by Crippen LogP contribution is -2.53. The van der Waals surface area contributed by atoms with Crippen LogP contribution in [0.25, 0.3) is 10.8 Å². The zero-order valence-corrected chi connectivity index (χ0v) is 21.5. The predicted molar refractivity (Wildman–Crippen MR) is 141 cm³/mol. The highest BCUT2D eigenvalue weighted by molar-refractivity contribution is 5.86. The third-order valence-electron chi connectivity index (χ3n) is 11.1. The van der Waals surface area contributed by atoms with Crippen LogP contribution >= 0.6 is 0 Å². The Hall–Kier alpha value is -2.59. The van der Waals surface area contributed by atoms with Crippen LogP contribution in [0.15, 0.2) is 65.8 Å². The molecule has 0 aromatic heterocycles. The number of rotatable bonds is 2. The number of allylic oxidation sites excluding steroid dienone is 3. The average Bonchev–Trinajstić information content (AvgIpc) is 3.35. The second kappa shape index (κ2) is 7.71. The normalized spacial score (nSPS) is 39.4. The molecule has 4 aliphatic carbocycles. The van der Waals surface area contributed by atoms with Gasteiger partial charge in [0.25, 0.3) is 0 Å². The minimum atomic E-state index is -0.404. The van der Waals surface area contributed by atoms with Crippen molar-refractivity contribution in [2.45, 2.75) is 77.0 Å². The maximum atomic E-state index is 13.3. The molecule has 1 spiro atoms. The van der Waals surface area contributed by atoms with Gasteiger partial charge in [-0.2, -0.15) is 0 Å². The number of carbonyl (C=O) groups is 1. The van der Waals surface area contributed by atoms with E-state index in [0.717, 1.165) is 44.9 Å². The zero-order valence-electron chi connectivity index (χ0n) is 21.5. The summed E-state index contributed by atoms with van der Waals surface area (Å²) in [5.74, 6) is 1.02. The molecule has 0 bridgehead atoms. The monoisotopic (exact) mass is 483 g/mol. The largest absolute Gasteiger partial charge is 0.440 e. The molecule has 1 heterocycles. The van der Waals surface area contributed by atoms with E-state index in [1.807, 2.05) is 4.90 Å². The highest BCUT2D eigenvalue weighted by atomic mass is 16.6. The fraction of sp³-hybridized carbons (Fsp3) is 0.531. The summed E-state index contributed by atoms with van der Waals surface area (Å²) in [6, 6.07) is 14.8. The van der Waals surface area contributed by atoms with E-state index in [9.17, 15) is 9.90 Å². The van der Waals surface area contributed by atoms with E-state index in [4.69, 9.17) is 4.74 Å². The van der Waals surface area contributed by atoms with Crippen LogP contribution < -0.4 is 0 Å². The summed E-state index contributed by atoms with van der Waals surface area (Å²) in [5.41, 5.74) is 3.96. The van der Waals surface area contributed by atoms with Crippen molar-refractivity contribution in [2.24, 2.45) is 22.7 Å². The van der Waals surface area contributed by atoms with Crippen LogP contribution in [0.4, 0.5) is 4.79 Å². The molecule has 0 unspecified atom stereocenters.